The van der Waals surface area contributed by atoms with Crippen molar-refractivity contribution >= 4 is 5.78 Å². The van der Waals surface area contributed by atoms with Crippen molar-refractivity contribution in [1.29, 1.82) is 0 Å². The van der Waals surface area contributed by atoms with Gasteiger partial charge in [0, 0.05) is 13.0 Å². The van der Waals surface area contributed by atoms with E-state index in [4.69, 9.17) is 9.84 Å². The van der Waals surface area contributed by atoms with Crippen molar-refractivity contribution in [3.8, 4) is 5.75 Å². The third-order valence-electron chi connectivity index (χ3n) is 2.53. The molecular formula is C14H18O3. The van der Waals surface area contributed by atoms with Crippen molar-refractivity contribution in [2.24, 2.45) is 0 Å². The van der Waals surface area contributed by atoms with Gasteiger partial charge in [-0.3, -0.25) is 4.79 Å². The van der Waals surface area contributed by atoms with Crippen LogP contribution in [0.5, 0.6) is 5.75 Å². The molecule has 0 bridgehead atoms. The summed E-state index contributed by atoms with van der Waals surface area (Å²) in [4.78, 5) is 11.4. The first kappa shape index (κ1) is 13.5. The minimum absolute atomic E-state index is 0.0502. The van der Waals surface area contributed by atoms with Crippen molar-refractivity contribution < 1.29 is 14.6 Å². The van der Waals surface area contributed by atoms with Crippen molar-refractivity contribution in [3.05, 3.63) is 41.5 Å². The summed E-state index contributed by atoms with van der Waals surface area (Å²) in [5.41, 5.74) is 1.80. The lowest BCUT2D eigenvalue weighted by atomic mass is 10.0. The Hall–Kier alpha value is -1.61. The number of ketones is 1. The van der Waals surface area contributed by atoms with Crippen molar-refractivity contribution in [2.75, 3.05) is 13.7 Å². The van der Waals surface area contributed by atoms with Gasteiger partial charge in [0.2, 0.25) is 0 Å². The number of carbonyl (C=O) groups is 1. The predicted octanol–water partition coefficient (Wildman–Crippen LogP) is 2.14. The molecule has 3 nitrogen and oxygen atoms in total. The van der Waals surface area contributed by atoms with Gasteiger partial charge in [-0.2, -0.15) is 0 Å². The highest BCUT2D eigenvalue weighted by molar-refractivity contribution is 5.93. The molecule has 0 unspecified atom stereocenters. The first-order valence-electron chi connectivity index (χ1n) is 5.61. The standard InChI is InChI=1S/C14H18O3/c1-11(16)13(4-3-9-15)10-12-5-7-14(17-2)8-6-12/h4-8,15H,3,9-10H2,1-2H3/b13-4+. The van der Waals surface area contributed by atoms with Crippen LogP contribution in [0.1, 0.15) is 18.9 Å². The number of benzene rings is 1. The Morgan fingerprint density at radius 1 is 1.35 bits per heavy atom. The number of aliphatic hydroxyl groups excluding tert-OH is 1. The summed E-state index contributed by atoms with van der Waals surface area (Å²) in [7, 11) is 1.62. The van der Waals surface area contributed by atoms with Gasteiger partial charge in [-0.25, -0.2) is 0 Å². The summed E-state index contributed by atoms with van der Waals surface area (Å²) in [6.45, 7) is 1.62. The van der Waals surface area contributed by atoms with Gasteiger partial charge >= 0.3 is 0 Å². The quantitative estimate of drug-likeness (QED) is 0.767. The van der Waals surface area contributed by atoms with Crippen LogP contribution in [0.4, 0.5) is 0 Å². The van der Waals surface area contributed by atoms with Gasteiger partial charge in [-0.15, -0.1) is 0 Å². The largest absolute Gasteiger partial charge is 0.497 e. The molecule has 0 saturated heterocycles. The van der Waals surface area contributed by atoms with Crippen LogP contribution in [0.25, 0.3) is 0 Å². The molecule has 1 rings (SSSR count). The predicted molar refractivity (Wildman–Crippen MR) is 67.2 cm³/mol. The molecule has 0 amide bonds. The summed E-state index contributed by atoms with van der Waals surface area (Å²) >= 11 is 0. The number of carbonyl (C=O) groups excluding carboxylic acids is 1. The Morgan fingerprint density at radius 2 is 2.00 bits per heavy atom. The Morgan fingerprint density at radius 3 is 2.47 bits per heavy atom. The van der Waals surface area contributed by atoms with E-state index in [2.05, 4.69) is 0 Å². The zero-order chi connectivity index (χ0) is 12.7. The van der Waals surface area contributed by atoms with Gasteiger partial charge in [0.15, 0.2) is 5.78 Å². The van der Waals surface area contributed by atoms with E-state index in [1.54, 1.807) is 20.1 Å². The van der Waals surface area contributed by atoms with E-state index in [1.165, 1.54) is 0 Å². The number of hydrogen-bond donors (Lipinski definition) is 1. The maximum atomic E-state index is 11.4. The van der Waals surface area contributed by atoms with Crippen LogP contribution in [0.15, 0.2) is 35.9 Å². The Bertz CT molecular complexity index is 390. The van der Waals surface area contributed by atoms with Gasteiger partial charge in [0.25, 0.3) is 0 Å². The summed E-state index contributed by atoms with van der Waals surface area (Å²) in [6, 6.07) is 7.63. The lowest BCUT2D eigenvalue weighted by Gasteiger charge is -2.05. The van der Waals surface area contributed by atoms with Crippen LogP contribution in [0.3, 0.4) is 0 Å². The molecule has 0 fully saturated rings. The fourth-order valence-corrected chi connectivity index (χ4v) is 1.54. The molecule has 0 radical (unpaired) electrons. The molecule has 0 aromatic heterocycles. The second-order valence-corrected chi connectivity index (χ2v) is 3.82. The molecule has 92 valence electrons. The normalized spacial score (nSPS) is 11.4. The van der Waals surface area contributed by atoms with Crippen molar-refractivity contribution in [1.82, 2.24) is 0 Å². The highest BCUT2D eigenvalue weighted by Gasteiger charge is 2.05. The third kappa shape index (κ3) is 4.41. The lowest BCUT2D eigenvalue weighted by molar-refractivity contribution is -0.113. The first-order chi connectivity index (χ1) is 8.17. The highest BCUT2D eigenvalue weighted by atomic mass is 16.5. The van der Waals surface area contributed by atoms with E-state index < -0.39 is 0 Å². The van der Waals surface area contributed by atoms with E-state index in [0.717, 1.165) is 16.9 Å². The fourth-order valence-electron chi connectivity index (χ4n) is 1.54. The molecule has 1 aromatic rings. The Kier molecular flexibility index (Phi) is 5.43. The monoisotopic (exact) mass is 234 g/mol. The topological polar surface area (TPSA) is 46.5 Å². The smallest absolute Gasteiger partial charge is 0.155 e. The van der Waals surface area contributed by atoms with Gasteiger partial charge in [-0.05, 0) is 36.6 Å². The number of aliphatic hydroxyl groups is 1. The SMILES string of the molecule is COc1ccc(C/C(=C\CCO)C(C)=O)cc1. The van der Waals surface area contributed by atoms with Crippen molar-refractivity contribution in [3.63, 3.8) is 0 Å². The van der Waals surface area contributed by atoms with Crippen LogP contribution < -0.4 is 4.74 Å². The first-order valence-corrected chi connectivity index (χ1v) is 5.61. The molecule has 0 aliphatic heterocycles. The van der Waals surface area contributed by atoms with Crippen LogP contribution >= 0.6 is 0 Å². The van der Waals surface area contributed by atoms with Gasteiger partial charge in [0.1, 0.15) is 5.75 Å². The zero-order valence-electron chi connectivity index (χ0n) is 10.3. The van der Waals surface area contributed by atoms with E-state index >= 15 is 0 Å². The highest BCUT2D eigenvalue weighted by Crippen LogP contribution is 2.15. The van der Waals surface area contributed by atoms with Gasteiger partial charge in [-0.1, -0.05) is 18.2 Å². The number of allylic oxidation sites excluding steroid dienone is 1. The average molecular weight is 234 g/mol. The molecular weight excluding hydrogens is 216 g/mol. The minimum Gasteiger partial charge on any atom is -0.497 e. The summed E-state index contributed by atoms with van der Waals surface area (Å²) in [5, 5.41) is 8.76. The van der Waals surface area contributed by atoms with E-state index in [-0.39, 0.29) is 12.4 Å². The molecule has 1 aromatic carbocycles. The maximum absolute atomic E-state index is 11.4. The van der Waals surface area contributed by atoms with Crippen molar-refractivity contribution in [2.45, 2.75) is 19.8 Å². The summed E-state index contributed by atoms with van der Waals surface area (Å²) < 4.78 is 5.07. The molecule has 17 heavy (non-hydrogen) atoms. The Balaban J connectivity index is 2.75. The third-order valence-corrected chi connectivity index (χ3v) is 2.53. The molecule has 0 saturated carbocycles. The molecule has 0 heterocycles. The van der Waals surface area contributed by atoms with E-state index in [0.29, 0.717) is 12.8 Å². The summed E-state index contributed by atoms with van der Waals surface area (Å²) in [5.74, 6) is 0.853. The van der Waals surface area contributed by atoms with Crippen LogP contribution in [0.2, 0.25) is 0 Å². The lowest BCUT2D eigenvalue weighted by Crippen LogP contribution is -2.01. The summed E-state index contributed by atoms with van der Waals surface area (Å²) in [6.07, 6.45) is 2.91. The number of ether oxygens (including phenoxy) is 1. The molecule has 0 aliphatic carbocycles. The number of methoxy groups -OCH3 is 1. The minimum atomic E-state index is 0.0502. The van der Waals surface area contributed by atoms with Gasteiger partial charge < -0.3 is 9.84 Å². The van der Waals surface area contributed by atoms with Crippen LogP contribution in [-0.4, -0.2) is 24.6 Å². The second-order valence-electron chi connectivity index (χ2n) is 3.82. The second kappa shape index (κ2) is 6.86. The Labute approximate surface area is 102 Å². The average Bonchev–Trinajstić information content (AvgIpc) is 2.35. The van der Waals surface area contributed by atoms with Gasteiger partial charge in [0.05, 0.1) is 7.11 Å². The van der Waals surface area contributed by atoms with E-state index in [9.17, 15) is 4.79 Å². The molecule has 3 heteroatoms. The van der Waals surface area contributed by atoms with Crippen LogP contribution in [0, 0.1) is 0 Å². The zero-order valence-corrected chi connectivity index (χ0v) is 10.3. The maximum Gasteiger partial charge on any atom is 0.155 e. The van der Waals surface area contributed by atoms with E-state index in [1.807, 2.05) is 24.3 Å². The number of Topliss-reactive ketones (excluding diaryl/α,β-unsaturated/α-hetero) is 1. The molecule has 0 aliphatic rings. The molecule has 0 atom stereocenters. The number of hydrogen-bond acceptors (Lipinski definition) is 3. The fraction of sp³-hybridized carbons (Fsp3) is 0.357. The van der Waals surface area contributed by atoms with Crippen LogP contribution in [-0.2, 0) is 11.2 Å². The molecule has 1 N–H and O–H groups in total. The number of rotatable bonds is 6. The molecule has 0 spiro atoms.